The molecule has 0 fully saturated rings. The molecule has 2 rings (SSSR count). The summed E-state index contributed by atoms with van der Waals surface area (Å²) in [6, 6.07) is 2.91. The Morgan fingerprint density at radius 2 is 2.11 bits per heavy atom. The summed E-state index contributed by atoms with van der Waals surface area (Å²) in [6.07, 6.45) is 1.22. The number of hydrogen-bond donors (Lipinski definition) is 2. The summed E-state index contributed by atoms with van der Waals surface area (Å²) < 4.78 is 27.6. The average Bonchev–Trinajstić information content (AvgIpc) is 2.64. The third-order valence-corrected chi connectivity index (χ3v) is 4.19. The van der Waals surface area contributed by atoms with Crippen LogP contribution >= 0.6 is 11.6 Å². The van der Waals surface area contributed by atoms with Gasteiger partial charge in [-0.2, -0.15) is 13.5 Å². The van der Waals surface area contributed by atoms with E-state index in [0.717, 1.165) is 4.68 Å². The number of hydrogen-bond acceptors (Lipinski definition) is 5. The highest BCUT2D eigenvalue weighted by atomic mass is 35.5. The van der Waals surface area contributed by atoms with E-state index in [9.17, 15) is 13.5 Å². The standard InChI is InChI=1S/C10H11ClN4O3S/c1-6-3-4-8(16)9(13-6)14-19(17,18)10-7(11)5-12-15(10)2/h3-5,16H,1-2H3,(H,13,14). The lowest BCUT2D eigenvalue weighted by Gasteiger charge is -2.09. The maximum atomic E-state index is 12.2. The van der Waals surface area contributed by atoms with Gasteiger partial charge in [0.1, 0.15) is 0 Å². The van der Waals surface area contributed by atoms with Crippen molar-refractivity contribution in [2.24, 2.45) is 7.05 Å². The topological polar surface area (TPSA) is 97.1 Å². The summed E-state index contributed by atoms with van der Waals surface area (Å²) in [4.78, 5) is 3.91. The van der Waals surface area contributed by atoms with Gasteiger partial charge in [-0.1, -0.05) is 11.6 Å². The van der Waals surface area contributed by atoms with Crippen LogP contribution in [-0.2, 0) is 17.1 Å². The van der Waals surface area contributed by atoms with Gasteiger partial charge in [0, 0.05) is 12.7 Å². The number of anilines is 1. The average molecular weight is 303 g/mol. The van der Waals surface area contributed by atoms with E-state index in [-0.39, 0.29) is 21.6 Å². The van der Waals surface area contributed by atoms with Gasteiger partial charge in [0.25, 0.3) is 10.0 Å². The summed E-state index contributed by atoms with van der Waals surface area (Å²) in [6.45, 7) is 1.67. The van der Waals surface area contributed by atoms with E-state index in [2.05, 4.69) is 14.8 Å². The molecule has 2 aromatic heterocycles. The molecule has 9 heteroatoms. The monoisotopic (exact) mass is 302 g/mol. The number of aromatic hydroxyl groups is 1. The first-order chi connectivity index (χ1) is 8.81. The second-order valence-electron chi connectivity index (χ2n) is 3.85. The molecule has 0 aliphatic rings. The van der Waals surface area contributed by atoms with Gasteiger partial charge in [-0.3, -0.25) is 9.40 Å². The van der Waals surface area contributed by atoms with Gasteiger partial charge in [-0.25, -0.2) is 4.98 Å². The Morgan fingerprint density at radius 1 is 1.42 bits per heavy atom. The van der Waals surface area contributed by atoms with E-state index in [1.54, 1.807) is 13.0 Å². The maximum Gasteiger partial charge on any atom is 0.281 e. The Morgan fingerprint density at radius 3 is 2.68 bits per heavy atom. The van der Waals surface area contributed by atoms with Crippen molar-refractivity contribution in [1.82, 2.24) is 14.8 Å². The molecule has 7 nitrogen and oxygen atoms in total. The third kappa shape index (κ3) is 2.64. The molecule has 0 radical (unpaired) electrons. The SMILES string of the molecule is Cc1ccc(O)c(NS(=O)(=O)c2c(Cl)cnn2C)n1. The number of pyridine rings is 1. The molecule has 102 valence electrons. The van der Waals surface area contributed by atoms with Gasteiger partial charge in [0.15, 0.2) is 16.6 Å². The minimum atomic E-state index is -3.97. The summed E-state index contributed by atoms with van der Waals surface area (Å²) in [5.74, 6) is -0.426. The molecule has 0 unspecified atom stereocenters. The van der Waals surface area contributed by atoms with Crippen LogP contribution in [0.2, 0.25) is 5.02 Å². The number of aromatic nitrogens is 3. The molecular weight excluding hydrogens is 292 g/mol. The van der Waals surface area contributed by atoms with E-state index in [1.807, 2.05) is 0 Å². The summed E-state index contributed by atoms with van der Waals surface area (Å²) in [5, 5.41) is 13.1. The highest BCUT2D eigenvalue weighted by Gasteiger charge is 2.24. The van der Waals surface area contributed by atoms with E-state index in [1.165, 1.54) is 19.3 Å². The highest BCUT2D eigenvalue weighted by Crippen LogP contribution is 2.26. The molecule has 2 aromatic rings. The lowest BCUT2D eigenvalue weighted by Crippen LogP contribution is -2.18. The number of halogens is 1. The van der Waals surface area contributed by atoms with Crippen LogP contribution in [0, 0.1) is 6.92 Å². The Hall–Kier alpha value is -1.80. The molecule has 0 saturated carbocycles. The molecule has 0 saturated heterocycles. The van der Waals surface area contributed by atoms with Crippen molar-refractivity contribution in [2.45, 2.75) is 11.9 Å². The fraction of sp³-hybridized carbons (Fsp3) is 0.200. The predicted molar refractivity (Wildman–Crippen MR) is 69.7 cm³/mol. The van der Waals surface area contributed by atoms with Crippen LogP contribution in [0.3, 0.4) is 0 Å². The van der Waals surface area contributed by atoms with Crippen molar-refractivity contribution in [3.8, 4) is 5.75 Å². The number of sulfonamides is 1. The van der Waals surface area contributed by atoms with Crippen LogP contribution in [0.4, 0.5) is 5.82 Å². The lowest BCUT2D eigenvalue weighted by atomic mass is 10.3. The van der Waals surface area contributed by atoms with Gasteiger partial charge in [-0.15, -0.1) is 0 Å². The van der Waals surface area contributed by atoms with Crippen LogP contribution in [0.25, 0.3) is 0 Å². The molecule has 0 aromatic carbocycles. The first-order valence-corrected chi connectivity index (χ1v) is 7.04. The normalized spacial score (nSPS) is 11.5. The molecule has 0 atom stereocenters. The van der Waals surface area contributed by atoms with Gasteiger partial charge in [0.05, 0.1) is 11.2 Å². The second-order valence-corrected chi connectivity index (χ2v) is 5.85. The fourth-order valence-corrected chi connectivity index (χ4v) is 3.18. The van der Waals surface area contributed by atoms with Gasteiger partial charge in [-0.05, 0) is 19.1 Å². The lowest BCUT2D eigenvalue weighted by molar-refractivity contribution is 0.475. The molecule has 19 heavy (non-hydrogen) atoms. The van der Waals surface area contributed by atoms with Crippen LogP contribution in [0.1, 0.15) is 5.69 Å². The van der Waals surface area contributed by atoms with Gasteiger partial charge in [0.2, 0.25) is 0 Å². The number of rotatable bonds is 3. The second kappa shape index (κ2) is 4.71. The molecule has 2 heterocycles. The zero-order chi connectivity index (χ0) is 14.2. The fourth-order valence-electron chi connectivity index (χ4n) is 1.50. The molecule has 0 spiro atoms. The Labute approximate surface area is 114 Å². The van der Waals surface area contributed by atoms with Crippen LogP contribution in [-0.4, -0.2) is 28.3 Å². The van der Waals surface area contributed by atoms with Crippen LogP contribution < -0.4 is 4.72 Å². The van der Waals surface area contributed by atoms with Crippen molar-refractivity contribution in [1.29, 1.82) is 0 Å². The first-order valence-electron chi connectivity index (χ1n) is 5.18. The highest BCUT2D eigenvalue weighted by molar-refractivity contribution is 7.92. The van der Waals surface area contributed by atoms with Crippen LogP contribution in [0.15, 0.2) is 23.4 Å². The van der Waals surface area contributed by atoms with Crippen molar-refractivity contribution < 1.29 is 13.5 Å². The summed E-state index contributed by atoms with van der Waals surface area (Å²) in [5.41, 5.74) is 0.562. The number of nitrogens with one attached hydrogen (secondary N) is 1. The summed E-state index contributed by atoms with van der Waals surface area (Å²) >= 11 is 5.78. The zero-order valence-corrected chi connectivity index (χ0v) is 11.7. The Kier molecular flexibility index (Phi) is 3.38. The molecule has 2 N–H and O–H groups in total. The Bertz CT molecular complexity index is 707. The van der Waals surface area contributed by atoms with Crippen molar-refractivity contribution in [3.05, 3.63) is 29.0 Å². The zero-order valence-electron chi connectivity index (χ0n) is 10.1. The van der Waals surface area contributed by atoms with Gasteiger partial charge >= 0.3 is 0 Å². The van der Waals surface area contributed by atoms with E-state index in [0.29, 0.717) is 5.69 Å². The third-order valence-electron chi connectivity index (χ3n) is 2.34. The summed E-state index contributed by atoms with van der Waals surface area (Å²) in [7, 11) is -2.53. The first kappa shape index (κ1) is 13.6. The molecule has 0 aliphatic heterocycles. The number of nitrogens with zero attached hydrogens (tertiary/aromatic N) is 3. The number of aryl methyl sites for hydroxylation is 2. The molecule has 0 aliphatic carbocycles. The van der Waals surface area contributed by atoms with Crippen LogP contribution in [0.5, 0.6) is 5.75 Å². The van der Waals surface area contributed by atoms with E-state index < -0.39 is 10.0 Å². The van der Waals surface area contributed by atoms with E-state index >= 15 is 0 Å². The predicted octanol–water partition coefficient (Wildman–Crippen LogP) is 1.28. The largest absolute Gasteiger partial charge is 0.504 e. The van der Waals surface area contributed by atoms with Crippen molar-refractivity contribution >= 4 is 27.4 Å². The van der Waals surface area contributed by atoms with Gasteiger partial charge < -0.3 is 5.11 Å². The minimum absolute atomic E-state index is 0.0119. The van der Waals surface area contributed by atoms with E-state index in [4.69, 9.17) is 11.6 Å². The molecule has 0 amide bonds. The molecular formula is C10H11ClN4O3S. The molecule has 0 bridgehead atoms. The van der Waals surface area contributed by atoms with Crippen molar-refractivity contribution in [2.75, 3.05) is 4.72 Å². The Balaban J connectivity index is 2.45. The minimum Gasteiger partial charge on any atom is -0.504 e. The maximum absolute atomic E-state index is 12.2. The quantitative estimate of drug-likeness (QED) is 0.890. The smallest absolute Gasteiger partial charge is 0.281 e. The van der Waals surface area contributed by atoms with Crippen molar-refractivity contribution in [3.63, 3.8) is 0 Å².